The highest BCUT2D eigenvalue weighted by molar-refractivity contribution is 7.22. The molecular formula is C8H6BF4N3OS. The number of aromatic nitrogens is 1. The third kappa shape index (κ3) is 4.54. The summed E-state index contributed by atoms with van der Waals surface area (Å²) >= 11 is 1.32. The van der Waals surface area contributed by atoms with Crippen molar-refractivity contribution in [1.29, 1.82) is 5.39 Å². The van der Waals surface area contributed by atoms with Gasteiger partial charge in [0.25, 0.3) is 0 Å². The van der Waals surface area contributed by atoms with Crippen LogP contribution in [0.3, 0.4) is 0 Å². The summed E-state index contributed by atoms with van der Waals surface area (Å²) < 4.78 is 45.0. The van der Waals surface area contributed by atoms with Gasteiger partial charge in [0.05, 0.1) is 17.2 Å². The molecule has 0 N–H and O–H groups in total. The number of diazo groups is 1. The third-order valence-corrected chi connectivity index (χ3v) is 2.57. The van der Waals surface area contributed by atoms with Crippen LogP contribution < -0.4 is 4.74 Å². The number of rotatable bonds is 1. The Bertz CT molecular complexity index is 574. The van der Waals surface area contributed by atoms with Gasteiger partial charge in [0, 0.05) is 11.0 Å². The summed E-state index contributed by atoms with van der Waals surface area (Å²) in [5, 5.41) is 8.87. The second-order valence-electron chi connectivity index (χ2n) is 2.92. The van der Waals surface area contributed by atoms with Gasteiger partial charge in [-0.25, -0.2) is 0 Å². The maximum atomic E-state index is 9.75. The van der Waals surface area contributed by atoms with Crippen molar-refractivity contribution >= 4 is 33.9 Å². The van der Waals surface area contributed by atoms with Crippen LogP contribution in [0.5, 0.6) is 5.75 Å². The molecule has 0 amide bonds. The number of ether oxygens (including phenoxy) is 1. The molecule has 2 aromatic rings. The van der Waals surface area contributed by atoms with Gasteiger partial charge in [-0.3, -0.25) is 0 Å². The predicted molar refractivity (Wildman–Crippen MR) is 61.1 cm³/mol. The van der Waals surface area contributed by atoms with Gasteiger partial charge in [0.15, 0.2) is 5.52 Å². The topological polar surface area (TPSA) is 50.3 Å². The third-order valence-electron chi connectivity index (χ3n) is 1.67. The van der Waals surface area contributed by atoms with Crippen LogP contribution >= 0.6 is 11.3 Å². The average molecular weight is 279 g/mol. The number of thiazole rings is 1. The number of hydrogen-bond acceptors (Lipinski definition) is 4. The minimum atomic E-state index is -6.00. The Balaban J connectivity index is 0.000000280. The molecule has 4 nitrogen and oxygen atoms in total. The van der Waals surface area contributed by atoms with Crippen molar-refractivity contribution in [2.24, 2.45) is 0 Å². The first kappa shape index (κ1) is 14.2. The molecule has 1 heterocycles. The van der Waals surface area contributed by atoms with Crippen LogP contribution in [0.2, 0.25) is 0 Å². The molecule has 0 saturated carbocycles. The minimum absolute atomic E-state index is 0.364. The van der Waals surface area contributed by atoms with Gasteiger partial charge in [0.2, 0.25) is 0 Å². The van der Waals surface area contributed by atoms with E-state index in [1.807, 2.05) is 18.2 Å². The predicted octanol–water partition coefficient (Wildman–Crippen LogP) is 4.09. The van der Waals surface area contributed by atoms with E-state index < -0.39 is 7.25 Å². The standard InChI is InChI=1S/C8H6N3OS.BF4/c1-12-5-2-3-6-7(4-5)13-8(10-6)11-9;2-1(3,4)5/h2-4H,1H3;/q+1;-1. The molecule has 18 heavy (non-hydrogen) atoms. The van der Waals surface area contributed by atoms with Crippen LogP contribution in [0, 0.1) is 5.39 Å². The monoisotopic (exact) mass is 279 g/mol. The Morgan fingerprint density at radius 3 is 2.44 bits per heavy atom. The molecule has 1 aromatic heterocycles. The molecule has 0 aliphatic rings. The van der Waals surface area contributed by atoms with E-state index in [0.29, 0.717) is 5.13 Å². The summed E-state index contributed by atoms with van der Waals surface area (Å²) in [5.41, 5.74) is 0.818. The number of benzene rings is 1. The molecule has 96 valence electrons. The highest BCUT2D eigenvalue weighted by atomic mass is 32.1. The fourth-order valence-corrected chi connectivity index (χ4v) is 1.84. The Labute approximate surface area is 103 Å². The van der Waals surface area contributed by atoms with E-state index in [0.717, 1.165) is 16.0 Å². The first-order chi connectivity index (χ1) is 8.33. The van der Waals surface area contributed by atoms with E-state index in [2.05, 4.69) is 9.96 Å². The zero-order valence-corrected chi connectivity index (χ0v) is 9.80. The second-order valence-corrected chi connectivity index (χ2v) is 3.93. The molecule has 1 aromatic carbocycles. The van der Waals surface area contributed by atoms with Crippen molar-refractivity contribution in [3.05, 3.63) is 23.2 Å². The normalized spacial score (nSPS) is 10.4. The summed E-state index contributed by atoms with van der Waals surface area (Å²) in [6.07, 6.45) is 0. The molecule has 0 bridgehead atoms. The molecule has 0 aliphatic carbocycles. The van der Waals surface area contributed by atoms with Gasteiger partial charge in [-0.2, -0.15) is 0 Å². The zero-order chi connectivity index (χ0) is 13.8. The lowest BCUT2D eigenvalue weighted by atomic mass is 10.3. The Morgan fingerprint density at radius 1 is 1.33 bits per heavy atom. The highest BCUT2D eigenvalue weighted by Gasteiger charge is 2.20. The van der Waals surface area contributed by atoms with Gasteiger partial charge in [0.1, 0.15) is 5.75 Å². The SMILES string of the molecule is COc1ccc2nc([N+]#N)sc2c1.F[B-](F)(F)F. The van der Waals surface area contributed by atoms with E-state index in [-0.39, 0.29) is 0 Å². The number of halogens is 4. The highest BCUT2D eigenvalue weighted by Crippen LogP contribution is 2.30. The van der Waals surface area contributed by atoms with Crippen LogP contribution in [-0.4, -0.2) is 19.3 Å². The van der Waals surface area contributed by atoms with E-state index in [1.54, 1.807) is 7.11 Å². The first-order valence-corrected chi connectivity index (χ1v) is 5.32. The van der Waals surface area contributed by atoms with Gasteiger partial charge in [-0.1, -0.05) is 0 Å². The van der Waals surface area contributed by atoms with Crippen LogP contribution in [-0.2, 0) is 0 Å². The lowest BCUT2D eigenvalue weighted by Gasteiger charge is -1.94. The molecule has 0 saturated heterocycles. The zero-order valence-electron chi connectivity index (χ0n) is 8.98. The first-order valence-electron chi connectivity index (χ1n) is 4.50. The average Bonchev–Trinajstić information content (AvgIpc) is 2.68. The number of hydrogen-bond donors (Lipinski definition) is 0. The quantitative estimate of drug-likeness (QED) is 0.448. The lowest BCUT2D eigenvalue weighted by molar-refractivity contribution is 0.368. The molecule has 0 aliphatic heterocycles. The van der Waals surface area contributed by atoms with Crippen molar-refractivity contribution in [3.8, 4) is 5.75 Å². The molecule has 0 spiro atoms. The molecule has 0 unspecified atom stereocenters. The molecule has 0 fully saturated rings. The fraction of sp³-hybridized carbons (Fsp3) is 0.125. The largest absolute Gasteiger partial charge is 0.673 e. The molecule has 0 radical (unpaired) electrons. The summed E-state index contributed by atoms with van der Waals surface area (Å²) in [6, 6.07) is 5.52. The summed E-state index contributed by atoms with van der Waals surface area (Å²) in [5.74, 6) is 0.778. The molecule has 2 rings (SSSR count). The Morgan fingerprint density at radius 2 is 1.94 bits per heavy atom. The van der Waals surface area contributed by atoms with Crippen molar-refractivity contribution in [2.75, 3.05) is 7.11 Å². The van der Waals surface area contributed by atoms with E-state index in [1.165, 1.54) is 11.3 Å². The van der Waals surface area contributed by atoms with Crippen molar-refractivity contribution < 1.29 is 22.0 Å². The molecular weight excluding hydrogens is 273 g/mol. The maximum absolute atomic E-state index is 9.75. The van der Waals surface area contributed by atoms with Gasteiger partial charge in [-0.05, 0) is 28.5 Å². The van der Waals surface area contributed by atoms with Crippen molar-refractivity contribution in [3.63, 3.8) is 0 Å². The van der Waals surface area contributed by atoms with E-state index >= 15 is 0 Å². The fourth-order valence-electron chi connectivity index (χ4n) is 1.06. The van der Waals surface area contributed by atoms with Crippen LogP contribution in [0.15, 0.2) is 18.2 Å². The second kappa shape index (κ2) is 5.64. The van der Waals surface area contributed by atoms with E-state index in [9.17, 15) is 17.3 Å². The smallest absolute Gasteiger partial charge is 0.497 e. The van der Waals surface area contributed by atoms with Crippen LogP contribution in [0.1, 0.15) is 0 Å². The lowest BCUT2D eigenvalue weighted by Crippen LogP contribution is -2.02. The maximum Gasteiger partial charge on any atom is 0.673 e. The number of fused-ring (bicyclic) bond motifs is 1. The number of methoxy groups -OCH3 is 1. The summed E-state index contributed by atoms with van der Waals surface area (Å²) in [6.45, 7) is 0. The summed E-state index contributed by atoms with van der Waals surface area (Å²) in [4.78, 5) is 7.08. The Kier molecular flexibility index (Phi) is 4.44. The van der Waals surface area contributed by atoms with Crippen molar-refractivity contribution in [1.82, 2.24) is 4.98 Å². The minimum Gasteiger partial charge on any atom is -0.497 e. The molecule has 10 heteroatoms. The van der Waals surface area contributed by atoms with Gasteiger partial charge in [-0.15, -0.1) is 0 Å². The van der Waals surface area contributed by atoms with Gasteiger partial charge < -0.3 is 22.0 Å². The Hall–Kier alpha value is -1.89. The summed E-state index contributed by atoms with van der Waals surface area (Å²) in [7, 11) is -4.39. The molecule has 0 atom stereocenters. The number of nitrogens with zero attached hydrogens (tertiary/aromatic N) is 3. The van der Waals surface area contributed by atoms with Crippen LogP contribution in [0.25, 0.3) is 15.2 Å². The van der Waals surface area contributed by atoms with E-state index in [4.69, 9.17) is 10.1 Å². The van der Waals surface area contributed by atoms with Crippen molar-refractivity contribution in [2.45, 2.75) is 0 Å². The van der Waals surface area contributed by atoms with Crippen LogP contribution in [0.4, 0.5) is 22.4 Å². The van der Waals surface area contributed by atoms with Gasteiger partial charge >= 0.3 is 12.4 Å².